The third-order valence-electron chi connectivity index (χ3n) is 2.51. The molecule has 1 amide bonds. The van der Waals surface area contributed by atoms with Crippen LogP contribution < -0.4 is 5.73 Å². The number of piperidine rings is 1. The Morgan fingerprint density at radius 3 is 2.54 bits per heavy atom. The number of ether oxygens (including phenoxy) is 1. The fraction of sp³-hybridized carbons (Fsp3) is 0.875. The molecule has 1 heterocycles. The van der Waals surface area contributed by atoms with E-state index in [1.807, 2.05) is 0 Å². The van der Waals surface area contributed by atoms with E-state index in [1.165, 1.54) is 7.11 Å². The Balaban J connectivity index is 2.43. The molecule has 0 radical (unpaired) electrons. The molecule has 1 rings (SSSR count). The van der Waals surface area contributed by atoms with Crippen molar-refractivity contribution in [2.75, 3.05) is 26.8 Å². The summed E-state index contributed by atoms with van der Waals surface area (Å²) >= 11 is 0. The first kappa shape index (κ1) is 10.3. The average Bonchev–Trinajstić information content (AvgIpc) is 2.18. The van der Waals surface area contributed by atoms with Crippen LogP contribution in [0, 0.1) is 0 Å². The largest absolute Gasteiger partial charge is 0.453 e. The van der Waals surface area contributed by atoms with Crippen molar-refractivity contribution in [1.82, 2.24) is 4.90 Å². The van der Waals surface area contributed by atoms with Crippen LogP contribution in [0.4, 0.5) is 4.79 Å². The summed E-state index contributed by atoms with van der Waals surface area (Å²) in [7, 11) is 1.36. The number of carbonyl (C=O) groups excluding carboxylic acids is 1. The van der Waals surface area contributed by atoms with Gasteiger partial charge >= 0.3 is 6.09 Å². The topological polar surface area (TPSA) is 75.8 Å². The van der Waals surface area contributed by atoms with Gasteiger partial charge in [0.1, 0.15) is 0 Å². The first-order valence-corrected chi connectivity index (χ1v) is 4.34. The molecule has 0 aromatic heterocycles. The maximum absolute atomic E-state index is 11.1. The maximum Gasteiger partial charge on any atom is 0.409 e. The van der Waals surface area contributed by atoms with E-state index < -0.39 is 5.54 Å². The molecule has 1 saturated heterocycles. The summed E-state index contributed by atoms with van der Waals surface area (Å²) in [6.45, 7) is 1.09. The molecule has 0 aromatic rings. The molecule has 5 nitrogen and oxygen atoms in total. The molecule has 0 unspecified atom stereocenters. The number of carbonyl (C=O) groups is 1. The monoisotopic (exact) mass is 188 g/mol. The number of likely N-dealkylation sites (tertiary alicyclic amines) is 1. The summed E-state index contributed by atoms with van der Waals surface area (Å²) in [5.74, 6) is 0. The average molecular weight is 188 g/mol. The van der Waals surface area contributed by atoms with Gasteiger partial charge in [-0.1, -0.05) is 0 Å². The van der Waals surface area contributed by atoms with Gasteiger partial charge in [0.15, 0.2) is 0 Å². The number of nitrogens with two attached hydrogens (primary N) is 1. The fourth-order valence-corrected chi connectivity index (χ4v) is 1.42. The van der Waals surface area contributed by atoms with Crippen LogP contribution in [0.5, 0.6) is 0 Å². The minimum Gasteiger partial charge on any atom is -0.453 e. The Labute approximate surface area is 77.5 Å². The smallest absolute Gasteiger partial charge is 0.409 e. The van der Waals surface area contributed by atoms with Crippen molar-refractivity contribution >= 4 is 6.09 Å². The highest BCUT2D eigenvalue weighted by Crippen LogP contribution is 2.19. The normalized spacial score (nSPS) is 21.3. The number of amides is 1. The maximum atomic E-state index is 11.1. The van der Waals surface area contributed by atoms with E-state index >= 15 is 0 Å². The molecule has 1 aliphatic heterocycles. The van der Waals surface area contributed by atoms with Gasteiger partial charge in [-0.3, -0.25) is 0 Å². The molecule has 0 spiro atoms. The van der Waals surface area contributed by atoms with Crippen molar-refractivity contribution in [2.24, 2.45) is 5.73 Å². The van der Waals surface area contributed by atoms with Crippen LogP contribution in [0.25, 0.3) is 0 Å². The molecule has 0 atom stereocenters. The SMILES string of the molecule is COC(=O)N1CCC(N)(CO)CC1. The lowest BCUT2D eigenvalue weighted by molar-refractivity contribution is 0.0820. The Morgan fingerprint density at radius 1 is 1.62 bits per heavy atom. The lowest BCUT2D eigenvalue weighted by Crippen LogP contribution is -2.53. The van der Waals surface area contributed by atoms with Crippen molar-refractivity contribution in [3.63, 3.8) is 0 Å². The van der Waals surface area contributed by atoms with Crippen molar-refractivity contribution in [1.29, 1.82) is 0 Å². The summed E-state index contributed by atoms with van der Waals surface area (Å²) in [4.78, 5) is 12.7. The third-order valence-corrected chi connectivity index (χ3v) is 2.51. The second-order valence-corrected chi connectivity index (χ2v) is 3.48. The van der Waals surface area contributed by atoms with E-state index in [0.717, 1.165) is 0 Å². The van der Waals surface area contributed by atoms with Crippen LogP contribution in [0.15, 0.2) is 0 Å². The van der Waals surface area contributed by atoms with Gasteiger partial charge in [0.25, 0.3) is 0 Å². The highest BCUT2D eigenvalue weighted by atomic mass is 16.5. The highest BCUT2D eigenvalue weighted by molar-refractivity contribution is 5.67. The molecular formula is C8H16N2O3. The predicted octanol–water partition coefficient (Wildman–Crippen LogP) is -0.462. The Hall–Kier alpha value is -0.810. The molecule has 0 aliphatic carbocycles. The van der Waals surface area contributed by atoms with Gasteiger partial charge in [-0.05, 0) is 12.8 Å². The number of methoxy groups -OCH3 is 1. The molecule has 0 aromatic carbocycles. The van der Waals surface area contributed by atoms with Gasteiger partial charge in [0.05, 0.1) is 13.7 Å². The van der Waals surface area contributed by atoms with Crippen LogP contribution in [0.2, 0.25) is 0 Å². The summed E-state index contributed by atoms with van der Waals surface area (Å²) in [6, 6.07) is 0. The zero-order chi connectivity index (χ0) is 9.90. The summed E-state index contributed by atoms with van der Waals surface area (Å²) in [6.07, 6.45) is 0.928. The quantitative estimate of drug-likeness (QED) is 0.583. The van der Waals surface area contributed by atoms with E-state index in [9.17, 15) is 4.79 Å². The molecule has 1 aliphatic rings. The molecule has 0 saturated carbocycles. The minimum atomic E-state index is -0.509. The standard InChI is InChI=1S/C8H16N2O3/c1-13-7(12)10-4-2-8(9,6-11)3-5-10/h11H,2-6,9H2,1H3. The summed E-state index contributed by atoms with van der Waals surface area (Å²) in [5, 5.41) is 8.97. The summed E-state index contributed by atoms with van der Waals surface area (Å²) in [5.41, 5.74) is 5.32. The number of rotatable bonds is 1. The third kappa shape index (κ3) is 2.32. The molecule has 1 fully saturated rings. The first-order chi connectivity index (χ1) is 6.11. The van der Waals surface area contributed by atoms with Crippen molar-refractivity contribution < 1.29 is 14.6 Å². The first-order valence-electron chi connectivity index (χ1n) is 4.34. The van der Waals surface area contributed by atoms with Gasteiger partial charge in [-0.15, -0.1) is 0 Å². The van der Waals surface area contributed by atoms with Gasteiger partial charge in [-0.25, -0.2) is 4.79 Å². The van der Waals surface area contributed by atoms with E-state index in [4.69, 9.17) is 10.8 Å². The van der Waals surface area contributed by atoms with Crippen LogP contribution in [0.1, 0.15) is 12.8 Å². The second kappa shape index (κ2) is 3.93. The lowest BCUT2D eigenvalue weighted by Gasteiger charge is -2.37. The molecule has 3 N–H and O–H groups in total. The van der Waals surface area contributed by atoms with Crippen LogP contribution in [0.3, 0.4) is 0 Å². The van der Waals surface area contributed by atoms with Crippen LogP contribution in [-0.2, 0) is 4.74 Å². The molecule has 76 valence electrons. The Kier molecular flexibility index (Phi) is 3.11. The lowest BCUT2D eigenvalue weighted by atomic mass is 9.90. The molecule has 0 bridgehead atoms. The molecular weight excluding hydrogens is 172 g/mol. The molecule has 5 heteroatoms. The zero-order valence-electron chi connectivity index (χ0n) is 7.82. The van der Waals surface area contributed by atoms with Gasteiger partial charge in [0.2, 0.25) is 0 Å². The van der Waals surface area contributed by atoms with Crippen molar-refractivity contribution in [3.8, 4) is 0 Å². The number of aliphatic hydroxyl groups is 1. The van der Waals surface area contributed by atoms with Gasteiger partial charge in [0, 0.05) is 18.6 Å². The van der Waals surface area contributed by atoms with E-state index in [1.54, 1.807) is 4.90 Å². The van der Waals surface area contributed by atoms with Crippen LogP contribution in [-0.4, -0.2) is 48.4 Å². The number of hydrogen-bond donors (Lipinski definition) is 2. The van der Waals surface area contributed by atoms with Crippen molar-refractivity contribution in [3.05, 3.63) is 0 Å². The van der Waals surface area contributed by atoms with Gasteiger partial charge < -0.3 is 20.5 Å². The van der Waals surface area contributed by atoms with E-state index in [2.05, 4.69) is 4.74 Å². The van der Waals surface area contributed by atoms with E-state index in [-0.39, 0.29) is 12.7 Å². The minimum absolute atomic E-state index is 0.0258. The number of nitrogens with zero attached hydrogens (tertiary/aromatic N) is 1. The zero-order valence-corrected chi connectivity index (χ0v) is 7.82. The summed E-state index contributed by atoms with van der Waals surface area (Å²) < 4.78 is 4.58. The number of aliphatic hydroxyl groups excluding tert-OH is 1. The highest BCUT2D eigenvalue weighted by Gasteiger charge is 2.31. The van der Waals surface area contributed by atoms with E-state index in [0.29, 0.717) is 25.9 Å². The molecule has 13 heavy (non-hydrogen) atoms. The van der Waals surface area contributed by atoms with Crippen LogP contribution >= 0.6 is 0 Å². The fourth-order valence-electron chi connectivity index (χ4n) is 1.42. The second-order valence-electron chi connectivity index (χ2n) is 3.48. The van der Waals surface area contributed by atoms with Gasteiger partial charge in [-0.2, -0.15) is 0 Å². The Morgan fingerprint density at radius 2 is 2.15 bits per heavy atom. The van der Waals surface area contributed by atoms with Crippen molar-refractivity contribution in [2.45, 2.75) is 18.4 Å². The Bertz CT molecular complexity index is 188. The number of hydrogen-bond acceptors (Lipinski definition) is 4. The predicted molar refractivity (Wildman–Crippen MR) is 47.2 cm³/mol.